The number of nitrogen functional groups attached to an aromatic ring is 1. The average molecular weight is 682 g/mol. The van der Waals surface area contributed by atoms with Crippen LogP contribution in [0.3, 0.4) is 0 Å². The Morgan fingerprint density at radius 1 is 1.10 bits per heavy atom. The summed E-state index contributed by atoms with van der Waals surface area (Å²) >= 11 is 0. The zero-order chi connectivity index (χ0) is 35.3. The predicted octanol–water partition coefficient (Wildman–Crippen LogP) is 4.75. The highest BCUT2D eigenvalue weighted by Crippen LogP contribution is 2.35. The molecule has 0 unspecified atom stereocenters. The summed E-state index contributed by atoms with van der Waals surface area (Å²) in [5, 5.41) is 16.3. The van der Waals surface area contributed by atoms with Crippen molar-refractivity contribution in [3.63, 3.8) is 0 Å². The molecule has 7 rings (SSSR count). The van der Waals surface area contributed by atoms with Gasteiger partial charge in [-0.15, -0.1) is 0 Å². The van der Waals surface area contributed by atoms with Gasteiger partial charge in [-0.2, -0.15) is 5.10 Å². The third kappa shape index (κ3) is 6.24. The van der Waals surface area contributed by atoms with Gasteiger partial charge in [-0.3, -0.25) is 4.79 Å². The maximum Gasteiger partial charge on any atom is 0.410 e. The topological polar surface area (TPSA) is 170 Å². The summed E-state index contributed by atoms with van der Waals surface area (Å²) in [6.45, 7) is 7.11. The van der Waals surface area contributed by atoms with Crippen molar-refractivity contribution in [1.29, 1.82) is 0 Å². The molecule has 0 bridgehead atoms. The first-order valence-corrected chi connectivity index (χ1v) is 16.3. The maximum absolute atomic E-state index is 14.3. The van der Waals surface area contributed by atoms with E-state index in [1.807, 2.05) is 18.2 Å². The standard InChI is InChI=1S/C36H36FN7O6/c1-36(2,3)50-35(48)43-17-22(18-43)33(46)42-11-8-20(9-12-42)28-25-6-4-5-7-26(25)34(47)49-27(28)10-13-44-32-29(31(38)39-19-40-32)30(41-44)21-14-23(37)16-24(45)15-21/h4-8,14-16,19,22,45H,9-13,17-18H2,1-3H3,(H2,38,39,40). The minimum absolute atomic E-state index is 0.0148. The predicted molar refractivity (Wildman–Crippen MR) is 183 cm³/mol. The van der Waals surface area contributed by atoms with Gasteiger partial charge in [0, 0.05) is 49.8 Å². The number of nitrogens with zero attached hydrogens (tertiary/aromatic N) is 6. The Bertz CT molecular complexity index is 2230. The molecule has 1 saturated heterocycles. The number of ether oxygens (including phenoxy) is 1. The Morgan fingerprint density at radius 3 is 2.56 bits per heavy atom. The summed E-state index contributed by atoms with van der Waals surface area (Å²) in [6, 6.07) is 10.9. The SMILES string of the molecule is CC(C)(C)OC(=O)N1CC(C(=O)N2CC=C(c3c(CCn4nc(-c5cc(O)cc(F)c5)c5c(N)ncnc54)oc(=O)c4ccccc34)CC2)C1. The fourth-order valence-corrected chi connectivity index (χ4v) is 6.55. The van der Waals surface area contributed by atoms with Crippen molar-refractivity contribution in [2.75, 3.05) is 31.9 Å². The Morgan fingerprint density at radius 2 is 1.86 bits per heavy atom. The molecule has 0 saturated carbocycles. The number of carbonyl (C=O) groups excluding carboxylic acids is 2. The largest absolute Gasteiger partial charge is 0.508 e. The first kappa shape index (κ1) is 32.7. The van der Waals surface area contributed by atoms with E-state index in [9.17, 15) is 23.9 Å². The van der Waals surface area contributed by atoms with Gasteiger partial charge in [0.25, 0.3) is 0 Å². The summed E-state index contributed by atoms with van der Waals surface area (Å²) in [5.41, 5.74) is 7.87. The van der Waals surface area contributed by atoms with E-state index in [0.717, 1.165) is 22.6 Å². The summed E-state index contributed by atoms with van der Waals surface area (Å²) < 4.78 is 27.2. The fourth-order valence-electron chi connectivity index (χ4n) is 6.55. The number of anilines is 1. The number of fused-ring (bicyclic) bond motifs is 2. The second-order valence-electron chi connectivity index (χ2n) is 13.6. The second-order valence-corrected chi connectivity index (χ2v) is 13.6. The maximum atomic E-state index is 14.3. The van der Waals surface area contributed by atoms with Crippen LogP contribution in [-0.2, 0) is 22.5 Å². The molecule has 2 amide bonds. The minimum atomic E-state index is -0.641. The number of rotatable bonds is 6. The quantitative estimate of drug-likeness (QED) is 0.255. The number of aromatic nitrogens is 4. The van der Waals surface area contributed by atoms with Gasteiger partial charge in [0.15, 0.2) is 5.65 Å². The molecule has 0 spiro atoms. The van der Waals surface area contributed by atoms with E-state index in [2.05, 4.69) is 15.1 Å². The molecule has 0 aliphatic carbocycles. The minimum Gasteiger partial charge on any atom is -0.508 e. The highest BCUT2D eigenvalue weighted by atomic mass is 19.1. The van der Waals surface area contributed by atoms with Crippen molar-refractivity contribution in [3.8, 4) is 17.0 Å². The monoisotopic (exact) mass is 681 g/mol. The number of phenolic OH excluding ortho intramolecular Hbond substituents is 1. The lowest BCUT2D eigenvalue weighted by atomic mass is 9.92. The lowest BCUT2D eigenvalue weighted by Crippen LogP contribution is -2.57. The van der Waals surface area contributed by atoms with E-state index in [1.165, 1.54) is 23.4 Å². The molecular weight excluding hydrogens is 645 g/mol. The number of aryl methyl sites for hydroxylation is 2. The van der Waals surface area contributed by atoms with Gasteiger partial charge in [0.05, 0.1) is 23.2 Å². The number of likely N-dealkylation sites (tertiary alicyclic amines) is 1. The molecular formula is C36H36FN7O6. The summed E-state index contributed by atoms with van der Waals surface area (Å²) in [5.74, 6) is -0.619. The molecule has 5 heterocycles. The van der Waals surface area contributed by atoms with Crippen LogP contribution in [0.5, 0.6) is 5.75 Å². The fraction of sp³-hybridized carbons (Fsp3) is 0.333. The van der Waals surface area contributed by atoms with Gasteiger partial charge < -0.3 is 29.8 Å². The first-order valence-electron chi connectivity index (χ1n) is 16.3. The van der Waals surface area contributed by atoms with Crippen LogP contribution >= 0.6 is 0 Å². The van der Waals surface area contributed by atoms with Crippen molar-refractivity contribution < 1.29 is 28.2 Å². The summed E-state index contributed by atoms with van der Waals surface area (Å²) in [7, 11) is 0. The number of nitrogens with two attached hydrogens (primary N) is 1. The molecule has 3 aromatic heterocycles. The van der Waals surface area contributed by atoms with Crippen LogP contribution in [0.2, 0.25) is 0 Å². The number of hydrogen-bond acceptors (Lipinski definition) is 10. The smallest absolute Gasteiger partial charge is 0.410 e. The van der Waals surface area contributed by atoms with Gasteiger partial charge in [-0.05, 0) is 56.4 Å². The van der Waals surface area contributed by atoms with E-state index in [0.29, 0.717) is 66.0 Å². The van der Waals surface area contributed by atoms with E-state index in [-0.39, 0.29) is 36.4 Å². The molecule has 2 aromatic carbocycles. The van der Waals surface area contributed by atoms with Crippen LogP contribution in [0.1, 0.15) is 38.5 Å². The summed E-state index contributed by atoms with van der Waals surface area (Å²) in [4.78, 5) is 50.7. The molecule has 13 nitrogen and oxygen atoms in total. The average Bonchev–Trinajstić information content (AvgIpc) is 3.42. The third-order valence-electron chi connectivity index (χ3n) is 8.90. The van der Waals surface area contributed by atoms with Crippen LogP contribution < -0.4 is 11.4 Å². The van der Waals surface area contributed by atoms with E-state index < -0.39 is 23.1 Å². The van der Waals surface area contributed by atoms with Crippen LogP contribution in [-0.4, -0.2) is 78.4 Å². The number of phenols is 1. The van der Waals surface area contributed by atoms with Gasteiger partial charge in [0.2, 0.25) is 5.91 Å². The lowest BCUT2D eigenvalue weighted by molar-refractivity contribution is -0.140. The number of halogens is 1. The van der Waals surface area contributed by atoms with Gasteiger partial charge >= 0.3 is 11.7 Å². The van der Waals surface area contributed by atoms with Crippen molar-refractivity contribution in [1.82, 2.24) is 29.5 Å². The highest BCUT2D eigenvalue weighted by molar-refractivity contribution is 5.98. The zero-order valence-corrected chi connectivity index (χ0v) is 27.9. The molecule has 14 heteroatoms. The Balaban J connectivity index is 1.16. The molecule has 258 valence electrons. The van der Waals surface area contributed by atoms with Gasteiger partial charge in [-0.1, -0.05) is 24.3 Å². The molecule has 5 aromatic rings. The molecule has 1 fully saturated rings. The van der Waals surface area contributed by atoms with Crippen LogP contribution in [0.25, 0.3) is 38.6 Å². The van der Waals surface area contributed by atoms with E-state index in [4.69, 9.17) is 14.9 Å². The zero-order valence-electron chi connectivity index (χ0n) is 27.9. The van der Waals surface area contributed by atoms with E-state index >= 15 is 0 Å². The number of benzene rings is 2. The molecule has 0 atom stereocenters. The second kappa shape index (κ2) is 12.6. The number of aromatic hydroxyl groups is 1. The lowest BCUT2D eigenvalue weighted by Gasteiger charge is -2.41. The van der Waals surface area contributed by atoms with Crippen molar-refractivity contribution in [3.05, 3.63) is 82.4 Å². The third-order valence-corrected chi connectivity index (χ3v) is 8.90. The molecule has 3 N–H and O–H groups in total. The Labute approximate surface area is 285 Å². The van der Waals surface area contributed by atoms with Crippen molar-refractivity contribution in [2.24, 2.45) is 5.92 Å². The molecule has 2 aliphatic heterocycles. The van der Waals surface area contributed by atoms with Crippen LogP contribution in [0.4, 0.5) is 15.0 Å². The first-order chi connectivity index (χ1) is 23.9. The van der Waals surface area contributed by atoms with Gasteiger partial charge in [0.1, 0.15) is 40.8 Å². The normalized spacial score (nSPS) is 15.3. The molecule has 50 heavy (non-hydrogen) atoms. The number of carbonyl (C=O) groups is 2. The van der Waals surface area contributed by atoms with Crippen molar-refractivity contribution >= 4 is 45.2 Å². The highest BCUT2D eigenvalue weighted by Gasteiger charge is 2.40. The molecule has 0 radical (unpaired) electrons. The molecule has 2 aliphatic rings. The summed E-state index contributed by atoms with van der Waals surface area (Å²) in [6.07, 6.45) is 3.65. The van der Waals surface area contributed by atoms with Gasteiger partial charge in [-0.25, -0.2) is 28.6 Å². The Hall–Kier alpha value is -5.79. The number of amides is 2. The number of hydrogen-bond donors (Lipinski definition) is 2. The van der Waals surface area contributed by atoms with Crippen molar-refractivity contribution in [2.45, 2.75) is 45.8 Å². The van der Waals surface area contributed by atoms with Crippen LogP contribution in [0.15, 0.2) is 64.1 Å². The van der Waals surface area contributed by atoms with Crippen LogP contribution in [0, 0.1) is 11.7 Å². The van der Waals surface area contributed by atoms with E-state index in [1.54, 1.807) is 42.5 Å². The Kier molecular flexibility index (Phi) is 8.24.